The van der Waals surface area contributed by atoms with Crippen molar-refractivity contribution in [2.45, 2.75) is 18.3 Å². The van der Waals surface area contributed by atoms with Crippen molar-refractivity contribution in [2.75, 3.05) is 7.05 Å². The molecule has 0 aliphatic carbocycles. The quantitative estimate of drug-likeness (QED) is 0.402. The topological polar surface area (TPSA) is 55.2 Å². The highest BCUT2D eigenvalue weighted by atomic mass is 35.5. The predicted molar refractivity (Wildman–Crippen MR) is 124 cm³/mol. The second-order valence-corrected chi connectivity index (χ2v) is 7.94. The lowest BCUT2D eigenvalue weighted by Gasteiger charge is -2.28. The molecule has 0 aliphatic rings. The molecule has 32 heavy (non-hydrogen) atoms. The van der Waals surface area contributed by atoms with Crippen LogP contribution in [0, 0.1) is 5.82 Å². The molecule has 2 unspecified atom stereocenters. The van der Waals surface area contributed by atoms with Gasteiger partial charge in [0.05, 0.1) is 22.6 Å². The molecule has 0 spiro atoms. The molecule has 5 nitrogen and oxygen atoms in total. The summed E-state index contributed by atoms with van der Waals surface area (Å²) < 4.78 is 14.9. The average Bonchev–Trinajstić information content (AvgIpc) is 2.83. The fraction of sp³-hybridized carbons (Fsp3) is 0.160. The number of fused-ring (bicyclic) bond motifs is 1. The Morgan fingerprint density at radius 3 is 2.31 bits per heavy atom. The third-order valence-electron chi connectivity index (χ3n) is 5.50. The van der Waals surface area contributed by atoms with Gasteiger partial charge in [0.25, 0.3) is 5.56 Å². The summed E-state index contributed by atoms with van der Waals surface area (Å²) in [5.74, 6) is -0.378. The minimum atomic E-state index is -0.880. The Morgan fingerprint density at radius 2 is 1.62 bits per heavy atom. The van der Waals surface area contributed by atoms with Crippen LogP contribution in [0.5, 0.6) is 0 Å². The number of rotatable bonds is 5. The Bertz CT molecular complexity index is 1320. The Labute approximate surface area is 189 Å². The van der Waals surface area contributed by atoms with Crippen molar-refractivity contribution >= 4 is 28.4 Å². The summed E-state index contributed by atoms with van der Waals surface area (Å²) in [5, 5.41) is -0.448. The number of benzene rings is 3. The standard InChI is InChI=1S/C25H21ClFN3O2/c1-16(29(2)25(32)22(26)17-8-4-3-5-9-17)23-28-21-11-7-6-10-20(21)24(31)30(23)19-14-12-18(27)13-15-19/h3-16,22H,1-2H3. The van der Waals surface area contributed by atoms with Crippen LogP contribution in [-0.4, -0.2) is 27.4 Å². The highest BCUT2D eigenvalue weighted by Gasteiger charge is 2.28. The number of aromatic nitrogens is 2. The molecule has 7 heteroatoms. The predicted octanol–water partition coefficient (Wildman–Crippen LogP) is 5.02. The highest BCUT2D eigenvalue weighted by molar-refractivity contribution is 6.30. The zero-order chi connectivity index (χ0) is 22.8. The van der Waals surface area contributed by atoms with Gasteiger partial charge in [-0.15, -0.1) is 11.6 Å². The van der Waals surface area contributed by atoms with Gasteiger partial charge in [-0.25, -0.2) is 9.37 Å². The van der Waals surface area contributed by atoms with Crippen LogP contribution in [0.1, 0.15) is 29.7 Å². The van der Waals surface area contributed by atoms with Crippen molar-refractivity contribution in [2.24, 2.45) is 0 Å². The highest BCUT2D eigenvalue weighted by Crippen LogP contribution is 2.28. The molecule has 1 aromatic heterocycles. The lowest BCUT2D eigenvalue weighted by atomic mass is 10.1. The fourth-order valence-corrected chi connectivity index (χ4v) is 3.88. The first-order valence-electron chi connectivity index (χ1n) is 10.1. The zero-order valence-corrected chi connectivity index (χ0v) is 18.3. The van der Waals surface area contributed by atoms with Gasteiger partial charge < -0.3 is 4.90 Å². The second kappa shape index (κ2) is 8.93. The molecule has 162 valence electrons. The molecule has 0 saturated heterocycles. The van der Waals surface area contributed by atoms with E-state index >= 15 is 0 Å². The van der Waals surface area contributed by atoms with Crippen molar-refractivity contribution < 1.29 is 9.18 Å². The number of para-hydroxylation sites is 1. The van der Waals surface area contributed by atoms with Gasteiger partial charge in [-0.2, -0.15) is 0 Å². The van der Waals surface area contributed by atoms with Crippen LogP contribution in [0.4, 0.5) is 4.39 Å². The maximum absolute atomic E-state index is 13.5. The maximum atomic E-state index is 13.5. The van der Waals surface area contributed by atoms with Crippen LogP contribution >= 0.6 is 11.6 Å². The van der Waals surface area contributed by atoms with Crippen LogP contribution in [0.15, 0.2) is 83.7 Å². The lowest BCUT2D eigenvalue weighted by molar-refractivity contribution is -0.131. The number of likely N-dealkylation sites (N-methyl/N-ethyl adjacent to an activating group) is 1. The van der Waals surface area contributed by atoms with Crippen LogP contribution < -0.4 is 5.56 Å². The van der Waals surface area contributed by atoms with Gasteiger partial charge in [-0.3, -0.25) is 14.2 Å². The maximum Gasteiger partial charge on any atom is 0.266 e. The Balaban J connectivity index is 1.82. The number of hydrogen-bond donors (Lipinski definition) is 0. The number of alkyl halides is 1. The van der Waals surface area contributed by atoms with Crippen molar-refractivity contribution in [1.82, 2.24) is 14.5 Å². The van der Waals surface area contributed by atoms with E-state index in [1.807, 2.05) is 18.2 Å². The van der Waals surface area contributed by atoms with Crippen molar-refractivity contribution in [3.63, 3.8) is 0 Å². The smallest absolute Gasteiger partial charge is 0.266 e. The first-order chi connectivity index (χ1) is 15.4. The number of hydrogen-bond acceptors (Lipinski definition) is 3. The van der Waals surface area contributed by atoms with E-state index < -0.39 is 17.2 Å². The summed E-state index contributed by atoms with van der Waals surface area (Å²) in [4.78, 5) is 32.7. The number of carbonyl (C=O) groups is 1. The molecule has 0 radical (unpaired) electrons. The van der Waals surface area contributed by atoms with Gasteiger partial charge in [0.1, 0.15) is 17.0 Å². The minimum Gasteiger partial charge on any atom is -0.334 e. The van der Waals surface area contributed by atoms with E-state index in [2.05, 4.69) is 0 Å². The molecule has 0 bridgehead atoms. The third-order valence-corrected chi connectivity index (χ3v) is 5.94. The molecule has 0 fully saturated rings. The molecule has 0 saturated carbocycles. The third kappa shape index (κ3) is 4.01. The van der Waals surface area contributed by atoms with E-state index in [9.17, 15) is 14.0 Å². The molecule has 1 heterocycles. The number of amides is 1. The van der Waals surface area contributed by atoms with E-state index in [1.54, 1.807) is 50.4 Å². The van der Waals surface area contributed by atoms with Crippen LogP contribution in [0.3, 0.4) is 0 Å². The first-order valence-corrected chi connectivity index (χ1v) is 10.6. The minimum absolute atomic E-state index is 0.296. The Kier molecular flexibility index (Phi) is 6.06. The summed E-state index contributed by atoms with van der Waals surface area (Å²) in [5.41, 5.74) is 1.36. The fourth-order valence-electron chi connectivity index (χ4n) is 3.58. The molecule has 4 aromatic rings. The van der Waals surface area contributed by atoms with Gasteiger partial charge in [0.2, 0.25) is 5.91 Å². The van der Waals surface area contributed by atoms with Gasteiger partial charge in [-0.1, -0.05) is 42.5 Å². The molecular formula is C25H21ClFN3O2. The molecular weight excluding hydrogens is 429 g/mol. The molecule has 0 N–H and O–H groups in total. The Morgan fingerprint density at radius 1 is 1.00 bits per heavy atom. The molecule has 0 aliphatic heterocycles. The van der Waals surface area contributed by atoms with Crippen molar-refractivity contribution in [3.05, 3.63) is 106 Å². The van der Waals surface area contributed by atoms with E-state index in [4.69, 9.17) is 16.6 Å². The average molecular weight is 450 g/mol. The molecule has 2 atom stereocenters. The normalized spacial score (nSPS) is 13.0. The SMILES string of the molecule is CC(c1nc2ccccc2c(=O)n1-c1ccc(F)cc1)N(C)C(=O)C(Cl)c1ccccc1. The largest absolute Gasteiger partial charge is 0.334 e. The summed E-state index contributed by atoms with van der Waals surface area (Å²) >= 11 is 6.46. The summed E-state index contributed by atoms with van der Waals surface area (Å²) in [7, 11) is 1.63. The van der Waals surface area contributed by atoms with E-state index in [1.165, 1.54) is 33.7 Å². The number of halogens is 2. The lowest BCUT2D eigenvalue weighted by Crippen LogP contribution is -2.36. The van der Waals surface area contributed by atoms with E-state index in [0.717, 1.165) is 0 Å². The van der Waals surface area contributed by atoms with Gasteiger partial charge in [0, 0.05) is 7.05 Å². The summed E-state index contributed by atoms with van der Waals surface area (Å²) in [6.07, 6.45) is 0. The van der Waals surface area contributed by atoms with Gasteiger partial charge in [0.15, 0.2) is 0 Å². The molecule has 1 amide bonds. The van der Waals surface area contributed by atoms with Crippen LogP contribution in [0.2, 0.25) is 0 Å². The second-order valence-electron chi connectivity index (χ2n) is 7.50. The van der Waals surface area contributed by atoms with E-state index in [-0.39, 0.29) is 11.5 Å². The first kappa shape index (κ1) is 21.7. The van der Waals surface area contributed by atoms with Gasteiger partial charge >= 0.3 is 0 Å². The van der Waals surface area contributed by atoms with E-state index in [0.29, 0.717) is 28.0 Å². The van der Waals surface area contributed by atoms with Crippen molar-refractivity contribution in [1.29, 1.82) is 0 Å². The van der Waals surface area contributed by atoms with Crippen LogP contribution in [0.25, 0.3) is 16.6 Å². The zero-order valence-electron chi connectivity index (χ0n) is 17.6. The number of carbonyl (C=O) groups excluding carboxylic acids is 1. The summed E-state index contributed by atoms with van der Waals surface area (Å²) in [6.45, 7) is 1.78. The monoisotopic (exact) mass is 449 g/mol. The Hall–Kier alpha value is -3.51. The molecule has 4 rings (SSSR count). The molecule has 3 aromatic carbocycles. The van der Waals surface area contributed by atoms with Gasteiger partial charge in [-0.05, 0) is 48.9 Å². The van der Waals surface area contributed by atoms with Crippen molar-refractivity contribution in [3.8, 4) is 5.69 Å². The number of nitrogens with zero attached hydrogens (tertiary/aromatic N) is 3. The summed E-state index contributed by atoms with van der Waals surface area (Å²) in [6, 6.07) is 21.1. The van der Waals surface area contributed by atoms with Crippen LogP contribution in [-0.2, 0) is 4.79 Å².